The van der Waals surface area contributed by atoms with Crippen LogP contribution in [0.5, 0.6) is 0 Å². The van der Waals surface area contributed by atoms with E-state index >= 15 is 0 Å². The fourth-order valence-corrected chi connectivity index (χ4v) is 1.65. The van der Waals surface area contributed by atoms with Gasteiger partial charge in [-0.05, 0) is 32.9 Å². The first-order chi connectivity index (χ1) is 4.64. The van der Waals surface area contributed by atoms with Crippen molar-refractivity contribution in [3.63, 3.8) is 0 Å². The zero-order valence-corrected chi connectivity index (χ0v) is 7.06. The first-order valence-corrected chi connectivity index (χ1v) is 4.15. The summed E-state index contributed by atoms with van der Waals surface area (Å²) >= 11 is 0. The summed E-state index contributed by atoms with van der Waals surface area (Å²) in [6, 6.07) is 0. The maximum absolute atomic E-state index is 6.00. The molecule has 60 valence electrons. The summed E-state index contributed by atoms with van der Waals surface area (Å²) in [5.74, 6) is 0. The van der Waals surface area contributed by atoms with Crippen LogP contribution in [0.2, 0.25) is 0 Å². The van der Waals surface area contributed by atoms with Gasteiger partial charge in [0.15, 0.2) is 0 Å². The molecule has 1 rings (SSSR count). The van der Waals surface area contributed by atoms with Gasteiger partial charge in [-0.15, -0.1) is 0 Å². The number of likely N-dealkylation sites (tertiary alicyclic amines) is 1. The predicted molar refractivity (Wildman–Crippen MR) is 43.9 cm³/mol. The molecule has 2 N–H and O–H groups in total. The topological polar surface area (TPSA) is 29.3 Å². The maximum Gasteiger partial charge on any atom is 0.0255 e. The largest absolute Gasteiger partial charge is 0.324 e. The molecule has 0 aromatic carbocycles. The van der Waals surface area contributed by atoms with Crippen LogP contribution < -0.4 is 5.73 Å². The molecule has 1 unspecified atom stereocenters. The average molecular weight is 142 g/mol. The molecule has 10 heavy (non-hydrogen) atoms. The zero-order chi connectivity index (χ0) is 7.61. The van der Waals surface area contributed by atoms with Crippen LogP contribution in [0, 0.1) is 0 Å². The quantitative estimate of drug-likeness (QED) is 0.587. The molecule has 1 atom stereocenters. The van der Waals surface area contributed by atoms with Gasteiger partial charge in [-0.25, -0.2) is 0 Å². The molecule has 1 fully saturated rings. The molecule has 0 radical (unpaired) electrons. The molecule has 1 aliphatic heterocycles. The van der Waals surface area contributed by atoms with Gasteiger partial charge in [-0.1, -0.05) is 6.92 Å². The number of piperidine rings is 1. The van der Waals surface area contributed by atoms with E-state index in [1.165, 1.54) is 19.4 Å². The molecule has 1 aliphatic rings. The Morgan fingerprint density at radius 1 is 1.60 bits per heavy atom. The van der Waals surface area contributed by atoms with Crippen molar-refractivity contribution in [2.75, 3.05) is 19.6 Å². The molecule has 0 spiro atoms. The second kappa shape index (κ2) is 2.89. The van der Waals surface area contributed by atoms with Gasteiger partial charge in [-0.2, -0.15) is 0 Å². The summed E-state index contributed by atoms with van der Waals surface area (Å²) < 4.78 is 0. The summed E-state index contributed by atoms with van der Waals surface area (Å²) in [4.78, 5) is 2.42. The van der Waals surface area contributed by atoms with Crippen molar-refractivity contribution in [2.45, 2.75) is 32.2 Å². The van der Waals surface area contributed by atoms with E-state index in [1.54, 1.807) is 0 Å². The minimum atomic E-state index is 0.0776. The fourth-order valence-electron chi connectivity index (χ4n) is 1.65. The lowest BCUT2D eigenvalue weighted by Gasteiger charge is -2.37. The average Bonchev–Trinajstić information content (AvgIpc) is 1.86. The summed E-state index contributed by atoms with van der Waals surface area (Å²) in [6.07, 6.45) is 2.45. The lowest BCUT2D eigenvalue weighted by molar-refractivity contribution is 0.167. The minimum absolute atomic E-state index is 0.0776. The standard InChI is InChI=1S/C8H18N2/c1-3-10-6-4-5-8(2,9)7-10/h3-7,9H2,1-2H3. The van der Waals surface area contributed by atoms with Crippen molar-refractivity contribution in [3.05, 3.63) is 0 Å². The van der Waals surface area contributed by atoms with Crippen molar-refractivity contribution < 1.29 is 0 Å². The molecule has 1 heterocycles. The van der Waals surface area contributed by atoms with E-state index in [4.69, 9.17) is 5.73 Å². The van der Waals surface area contributed by atoms with Crippen LogP contribution >= 0.6 is 0 Å². The van der Waals surface area contributed by atoms with E-state index in [0.717, 1.165) is 13.1 Å². The lowest BCUT2D eigenvalue weighted by Crippen LogP contribution is -2.51. The summed E-state index contributed by atoms with van der Waals surface area (Å²) in [7, 11) is 0. The molecule has 2 heteroatoms. The number of nitrogens with two attached hydrogens (primary N) is 1. The van der Waals surface area contributed by atoms with Gasteiger partial charge in [-0.3, -0.25) is 0 Å². The van der Waals surface area contributed by atoms with Crippen LogP contribution in [-0.2, 0) is 0 Å². The molecule has 0 aromatic rings. The van der Waals surface area contributed by atoms with Gasteiger partial charge in [0.05, 0.1) is 0 Å². The van der Waals surface area contributed by atoms with Crippen LogP contribution in [-0.4, -0.2) is 30.1 Å². The number of rotatable bonds is 1. The van der Waals surface area contributed by atoms with Crippen molar-refractivity contribution in [3.8, 4) is 0 Å². The van der Waals surface area contributed by atoms with Crippen LogP contribution in [0.25, 0.3) is 0 Å². The Labute approximate surface area is 63.4 Å². The molecule has 0 saturated carbocycles. The highest BCUT2D eigenvalue weighted by molar-refractivity contribution is 4.86. The highest BCUT2D eigenvalue weighted by Crippen LogP contribution is 2.16. The van der Waals surface area contributed by atoms with Gasteiger partial charge in [0.2, 0.25) is 0 Å². The number of likely N-dealkylation sites (N-methyl/N-ethyl adjacent to an activating group) is 1. The molecule has 1 saturated heterocycles. The molecule has 0 aliphatic carbocycles. The van der Waals surface area contributed by atoms with Crippen molar-refractivity contribution in [1.82, 2.24) is 4.90 Å². The Hall–Kier alpha value is -0.0800. The Morgan fingerprint density at radius 3 is 2.70 bits per heavy atom. The number of nitrogens with zero attached hydrogens (tertiary/aromatic N) is 1. The Kier molecular flexibility index (Phi) is 2.32. The molecule has 2 nitrogen and oxygen atoms in total. The van der Waals surface area contributed by atoms with Gasteiger partial charge in [0.25, 0.3) is 0 Å². The first-order valence-electron chi connectivity index (χ1n) is 4.15. The Balaban J connectivity index is 2.40. The van der Waals surface area contributed by atoms with Crippen molar-refractivity contribution in [2.24, 2.45) is 5.73 Å². The normalized spacial score (nSPS) is 36.3. The third-order valence-corrected chi connectivity index (χ3v) is 2.25. The Morgan fingerprint density at radius 2 is 2.30 bits per heavy atom. The lowest BCUT2D eigenvalue weighted by atomic mass is 9.92. The third kappa shape index (κ3) is 1.96. The summed E-state index contributed by atoms with van der Waals surface area (Å²) in [6.45, 7) is 7.80. The molecule has 0 bridgehead atoms. The summed E-state index contributed by atoms with van der Waals surface area (Å²) in [5.41, 5.74) is 6.08. The van der Waals surface area contributed by atoms with Gasteiger partial charge in [0.1, 0.15) is 0 Å². The number of hydrogen-bond acceptors (Lipinski definition) is 2. The van der Waals surface area contributed by atoms with E-state index in [2.05, 4.69) is 18.7 Å². The van der Waals surface area contributed by atoms with Gasteiger partial charge >= 0.3 is 0 Å². The van der Waals surface area contributed by atoms with E-state index in [-0.39, 0.29) is 5.54 Å². The van der Waals surface area contributed by atoms with Crippen molar-refractivity contribution >= 4 is 0 Å². The Bertz CT molecular complexity index is 110. The molecular formula is C8H18N2. The van der Waals surface area contributed by atoms with Crippen molar-refractivity contribution in [1.29, 1.82) is 0 Å². The maximum atomic E-state index is 6.00. The highest BCUT2D eigenvalue weighted by Gasteiger charge is 2.25. The van der Waals surface area contributed by atoms with Gasteiger partial charge in [0, 0.05) is 12.1 Å². The highest BCUT2D eigenvalue weighted by atomic mass is 15.1. The van der Waals surface area contributed by atoms with Crippen LogP contribution in [0.4, 0.5) is 0 Å². The summed E-state index contributed by atoms with van der Waals surface area (Å²) in [5, 5.41) is 0. The smallest absolute Gasteiger partial charge is 0.0255 e. The molecule has 0 aromatic heterocycles. The number of hydrogen-bond donors (Lipinski definition) is 1. The van der Waals surface area contributed by atoms with E-state index in [1.807, 2.05) is 0 Å². The first kappa shape index (κ1) is 8.02. The monoisotopic (exact) mass is 142 g/mol. The SMILES string of the molecule is CCN1CCCC(C)(N)C1. The van der Waals surface area contributed by atoms with Crippen LogP contribution in [0.15, 0.2) is 0 Å². The minimum Gasteiger partial charge on any atom is -0.324 e. The van der Waals surface area contributed by atoms with Crippen LogP contribution in [0.3, 0.4) is 0 Å². The van der Waals surface area contributed by atoms with E-state index in [9.17, 15) is 0 Å². The second-order valence-electron chi connectivity index (χ2n) is 3.63. The fraction of sp³-hybridized carbons (Fsp3) is 1.00. The third-order valence-electron chi connectivity index (χ3n) is 2.25. The molecular weight excluding hydrogens is 124 g/mol. The zero-order valence-electron chi connectivity index (χ0n) is 7.06. The van der Waals surface area contributed by atoms with E-state index < -0.39 is 0 Å². The predicted octanol–water partition coefficient (Wildman–Crippen LogP) is 0.820. The second-order valence-corrected chi connectivity index (χ2v) is 3.63. The van der Waals surface area contributed by atoms with Crippen LogP contribution in [0.1, 0.15) is 26.7 Å². The van der Waals surface area contributed by atoms with Gasteiger partial charge < -0.3 is 10.6 Å². The molecule has 0 amide bonds. The van der Waals surface area contributed by atoms with E-state index in [0.29, 0.717) is 0 Å².